The van der Waals surface area contributed by atoms with Gasteiger partial charge in [-0.1, -0.05) is 30.3 Å². The monoisotopic (exact) mass is 381 g/mol. The number of aromatic nitrogens is 2. The van der Waals surface area contributed by atoms with Crippen LogP contribution >= 0.6 is 0 Å². The fourth-order valence-corrected chi connectivity index (χ4v) is 4.00. The van der Waals surface area contributed by atoms with Crippen LogP contribution in [0.25, 0.3) is 0 Å². The summed E-state index contributed by atoms with van der Waals surface area (Å²) in [6.45, 7) is 4.14. The second-order valence-electron chi connectivity index (χ2n) is 7.79. The summed E-state index contributed by atoms with van der Waals surface area (Å²) in [5, 5.41) is 3.25. The van der Waals surface area contributed by atoms with Gasteiger partial charge in [-0.15, -0.1) is 0 Å². The number of nitrogens with one attached hydrogen (secondary N) is 1. The van der Waals surface area contributed by atoms with Gasteiger partial charge in [-0.05, 0) is 24.9 Å². The number of hydrogen-bond acceptors (Lipinski definition) is 6. The third kappa shape index (κ3) is 4.42. The zero-order valence-corrected chi connectivity index (χ0v) is 16.3. The van der Waals surface area contributed by atoms with Crippen LogP contribution in [-0.4, -0.2) is 58.1 Å². The topological polar surface area (TPSA) is 70.6 Å². The first kappa shape index (κ1) is 18.7. The third-order valence-corrected chi connectivity index (χ3v) is 5.54. The molecule has 0 bridgehead atoms. The highest BCUT2D eigenvalue weighted by atomic mass is 16.6. The van der Waals surface area contributed by atoms with E-state index in [-0.39, 0.29) is 11.7 Å². The number of rotatable bonds is 5. The van der Waals surface area contributed by atoms with Gasteiger partial charge in [0.25, 0.3) is 0 Å². The molecule has 2 aliphatic rings. The first-order valence-electron chi connectivity index (χ1n) is 9.87. The quantitative estimate of drug-likeness (QED) is 0.859. The summed E-state index contributed by atoms with van der Waals surface area (Å²) < 4.78 is 5.69. The molecule has 1 amide bonds. The number of carbonyl (C=O) groups excluding carboxylic acids is 1. The molecule has 2 aromatic rings. The van der Waals surface area contributed by atoms with Crippen molar-refractivity contribution in [2.24, 2.45) is 0 Å². The van der Waals surface area contributed by atoms with Crippen molar-refractivity contribution in [2.75, 3.05) is 32.0 Å². The molecule has 2 fully saturated rings. The molecule has 28 heavy (non-hydrogen) atoms. The van der Waals surface area contributed by atoms with Crippen LogP contribution < -0.4 is 5.32 Å². The lowest BCUT2D eigenvalue weighted by Gasteiger charge is -2.25. The predicted octanol–water partition coefficient (Wildman–Crippen LogP) is 2.90. The molecule has 0 radical (unpaired) electrons. The van der Waals surface area contributed by atoms with E-state index in [9.17, 15) is 4.79 Å². The van der Waals surface area contributed by atoms with Crippen molar-refractivity contribution >= 4 is 12.0 Å². The first-order chi connectivity index (χ1) is 13.6. The second kappa shape index (κ2) is 8.14. The van der Waals surface area contributed by atoms with Gasteiger partial charge in [0, 0.05) is 51.1 Å². The Bertz CT molecular complexity index is 798. The second-order valence-corrected chi connectivity index (χ2v) is 7.79. The Morgan fingerprint density at radius 2 is 1.89 bits per heavy atom. The van der Waals surface area contributed by atoms with E-state index < -0.39 is 0 Å². The first-order valence-corrected chi connectivity index (χ1v) is 9.87. The summed E-state index contributed by atoms with van der Waals surface area (Å²) in [6, 6.07) is 10.2. The van der Waals surface area contributed by atoms with Gasteiger partial charge in [0.15, 0.2) is 0 Å². The number of nitrogens with zero attached hydrogens (tertiary/aromatic N) is 4. The predicted molar refractivity (Wildman–Crippen MR) is 107 cm³/mol. The van der Waals surface area contributed by atoms with Crippen LogP contribution in [0.3, 0.4) is 0 Å². The number of carbonyl (C=O) groups is 1. The molecule has 0 saturated carbocycles. The molecule has 7 heteroatoms. The van der Waals surface area contributed by atoms with Gasteiger partial charge in [-0.3, -0.25) is 4.90 Å². The number of hydrogen-bond donors (Lipinski definition) is 1. The Labute approximate surface area is 165 Å². The average Bonchev–Trinajstić information content (AvgIpc) is 2.86. The van der Waals surface area contributed by atoms with Gasteiger partial charge in [-0.25, -0.2) is 14.8 Å². The highest BCUT2D eigenvalue weighted by molar-refractivity contribution is 5.70. The molecule has 1 atom stereocenters. The lowest BCUT2D eigenvalue weighted by Crippen LogP contribution is -2.35. The van der Waals surface area contributed by atoms with Gasteiger partial charge in [0.2, 0.25) is 5.95 Å². The number of ether oxygens (including phenoxy) is 1. The van der Waals surface area contributed by atoms with Crippen LogP contribution in [0, 0.1) is 0 Å². The van der Waals surface area contributed by atoms with Crippen molar-refractivity contribution < 1.29 is 9.53 Å². The van der Waals surface area contributed by atoms with Gasteiger partial charge < -0.3 is 15.0 Å². The van der Waals surface area contributed by atoms with E-state index in [1.807, 2.05) is 37.6 Å². The lowest BCUT2D eigenvalue weighted by molar-refractivity contribution is 0.0443. The molecule has 4 rings (SSSR count). The zero-order chi connectivity index (χ0) is 19.4. The van der Waals surface area contributed by atoms with E-state index in [2.05, 4.69) is 32.3 Å². The number of likely N-dealkylation sites (N-methyl/N-ethyl adjacent to an activating group) is 1. The Hall–Kier alpha value is -2.67. The average molecular weight is 381 g/mol. The van der Waals surface area contributed by atoms with Crippen LogP contribution in [-0.2, 0) is 17.8 Å². The molecule has 1 N–H and O–H groups in total. The summed E-state index contributed by atoms with van der Waals surface area (Å²) in [5.74, 6) is 0.642. The Morgan fingerprint density at radius 1 is 1.11 bits per heavy atom. The molecular formula is C21H27N5O2. The summed E-state index contributed by atoms with van der Waals surface area (Å²) in [5.41, 5.74) is 2.00. The van der Waals surface area contributed by atoms with Crippen molar-refractivity contribution in [2.45, 2.75) is 38.0 Å². The maximum atomic E-state index is 11.8. The summed E-state index contributed by atoms with van der Waals surface area (Å²) in [6.07, 6.45) is 6.42. The van der Waals surface area contributed by atoms with Crippen LogP contribution in [0.2, 0.25) is 0 Å². The Kier molecular flexibility index (Phi) is 5.43. The van der Waals surface area contributed by atoms with Crippen LogP contribution in [0.4, 0.5) is 10.7 Å². The van der Waals surface area contributed by atoms with E-state index in [1.165, 1.54) is 5.56 Å². The van der Waals surface area contributed by atoms with Crippen LogP contribution in [0.1, 0.15) is 30.4 Å². The maximum absolute atomic E-state index is 11.8. The summed E-state index contributed by atoms with van der Waals surface area (Å²) in [4.78, 5) is 24.8. The van der Waals surface area contributed by atoms with E-state index in [4.69, 9.17) is 4.74 Å². The third-order valence-electron chi connectivity index (χ3n) is 5.54. The highest BCUT2D eigenvalue weighted by Crippen LogP contribution is 2.32. The van der Waals surface area contributed by atoms with Crippen LogP contribution in [0.15, 0.2) is 42.7 Å². The fraction of sp³-hybridized carbons (Fsp3) is 0.476. The van der Waals surface area contributed by atoms with E-state index in [1.54, 1.807) is 4.90 Å². The van der Waals surface area contributed by atoms with E-state index in [0.29, 0.717) is 19.0 Å². The molecule has 7 nitrogen and oxygen atoms in total. The number of anilines is 1. The van der Waals surface area contributed by atoms with Gasteiger partial charge in [-0.2, -0.15) is 0 Å². The van der Waals surface area contributed by atoms with E-state index >= 15 is 0 Å². The highest BCUT2D eigenvalue weighted by Gasteiger charge is 2.44. The smallest absolute Gasteiger partial charge is 0.410 e. The normalized spacial score (nSPS) is 22.9. The minimum atomic E-state index is -0.303. The SMILES string of the molecule is CN1CC2(CCCN(Cc3cnc(NCc4ccccc4)nc3)CC2)OC1=O. The van der Waals surface area contributed by atoms with Crippen molar-refractivity contribution in [1.82, 2.24) is 19.8 Å². The molecule has 1 aromatic heterocycles. The van der Waals surface area contributed by atoms with Gasteiger partial charge in [0.05, 0.1) is 6.54 Å². The van der Waals surface area contributed by atoms with Crippen LogP contribution in [0.5, 0.6) is 0 Å². The molecule has 1 unspecified atom stereocenters. The van der Waals surface area contributed by atoms with Crippen molar-refractivity contribution in [1.29, 1.82) is 0 Å². The number of likely N-dealkylation sites (tertiary alicyclic amines) is 1. The lowest BCUT2D eigenvalue weighted by atomic mass is 9.95. The Morgan fingerprint density at radius 3 is 2.61 bits per heavy atom. The summed E-state index contributed by atoms with van der Waals surface area (Å²) in [7, 11) is 1.81. The molecular weight excluding hydrogens is 354 g/mol. The largest absolute Gasteiger partial charge is 0.441 e. The molecule has 1 spiro atoms. The molecule has 1 aromatic carbocycles. The number of benzene rings is 1. The zero-order valence-electron chi connectivity index (χ0n) is 16.3. The maximum Gasteiger partial charge on any atom is 0.410 e. The minimum absolute atomic E-state index is 0.194. The molecule has 148 valence electrons. The standard InChI is InChI=1S/C21H27N5O2/c1-25-16-21(28-20(25)27)8-5-10-26(11-9-21)15-18-13-23-19(24-14-18)22-12-17-6-3-2-4-7-17/h2-4,6-7,13-14H,5,8-12,15-16H2,1H3,(H,22,23,24). The minimum Gasteiger partial charge on any atom is -0.441 e. The van der Waals surface area contributed by atoms with Crippen molar-refractivity contribution in [3.05, 3.63) is 53.9 Å². The number of amides is 1. The summed E-state index contributed by atoms with van der Waals surface area (Å²) >= 11 is 0. The molecule has 0 aliphatic carbocycles. The van der Waals surface area contributed by atoms with Gasteiger partial charge >= 0.3 is 6.09 Å². The molecule has 3 heterocycles. The van der Waals surface area contributed by atoms with Crippen molar-refractivity contribution in [3.63, 3.8) is 0 Å². The molecule has 2 saturated heterocycles. The molecule has 2 aliphatic heterocycles. The fourth-order valence-electron chi connectivity index (χ4n) is 4.00. The Balaban J connectivity index is 1.29. The van der Waals surface area contributed by atoms with Gasteiger partial charge in [0.1, 0.15) is 5.60 Å². The van der Waals surface area contributed by atoms with Crippen molar-refractivity contribution in [3.8, 4) is 0 Å². The van der Waals surface area contributed by atoms with E-state index in [0.717, 1.165) is 44.5 Å².